The minimum Gasteiger partial charge on any atom is -0.459 e. The number of hydrogen-bond donors (Lipinski definition) is 1. The number of nitrogens with one attached hydrogen (secondary N) is 1. The molecule has 0 spiro atoms. The third-order valence-electron chi connectivity index (χ3n) is 3.18. The second kappa shape index (κ2) is 5.42. The molecule has 20 heavy (non-hydrogen) atoms. The van der Waals surface area contributed by atoms with Crippen molar-refractivity contribution < 1.29 is 8.94 Å². The van der Waals surface area contributed by atoms with E-state index in [1.807, 2.05) is 25.1 Å². The molecule has 0 saturated heterocycles. The topological polar surface area (TPSA) is 51.2 Å². The van der Waals surface area contributed by atoms with Crippen LogP contribution in [-0.2, 0) is 6.54 Å². The zero-order valence-corrected chi connectivity index (χ0v) is 12.9. The summed E-state index contributed by atoms with van der Waals surface area (Å²) in [6, 6.07) is 10.1. The lowest BCUT2D eigenvalue weighted by molar-refractivity contribution is 0.355. The molecule has 1 aromatic carbocycles. The number of furan rings is 1. The number of fused-ring (bicyclic) bond motifs is 1. The minimum atomic E-state index is 0.103. The highest BCUT2D eigenvalue weighted by Crippen LogP contribution is 2.26. The van der Waals surface area contributed by atoms with Crippen LogP contribution in [0.25, 0.3) is 11.0 Å². The van der Waals surface area contributed by atoms with Crippen LogP contribution in [-0.4, -0.2) is 5.16 Å². The van der Waals surface area contributed by atoms with E-state index in [0.29, 0.717) is 6.54 Å². The molecular formula is C15H15BrN2O2. The maximum absolute atomic E-state index is 5.85. The lowest BCUT2D eigenvalue weighted by atomic mass is 10.2. The molecular weight excluding hydrogens is 320 g/mol. The van der Waals surface area contributed by atoms with Gasteiger partial charge in [-0.15, -0.1) is 0 Å². The van der Waals surface area contributed by atoms with Crippen LogP contribution < -0.4 is 5.32 Å². The minimum absolute atomic E-state index is 0.103. The lowest BCUT2D eigenvalue weighted by Crippen LogP contribution is -2.17. The molecule has 1 atom stereocenters. The monoisotopic (exact) mass is 334 g/mol. The first kappa shape index (κ1) is 13.4. The van der Waals surface area contributed by atoms with Gasteiger partial charge in [-0.1, -0.05) is 21.1 Å². The zero-order chi connectivity index (χ0) is 14.1. The fourth-order valence-electron chi connectivity index (χ4n) is 2.10. The van der Waals surface area contributed by atoms with Gasteiger partial charge in [0.25, 0.3) is 0 Å². The quantitative estimate of drug-likeness (QED) is 0.770. The molecule has 2 heterocycles. The molecule has 0 radical (unpaired) electrons. The summed E-state index contributed by atoms with van der Waals surface area (Å²) in [7, 11) is 0. The Labute approximate surface area is 125 Å². The van der Waals surface area contributed by atoms with Crippen LogP contribution in [0, 0.1) is 6.92 Å². The van der Waals surface area contributed by atoms with Crippen molar-refractivity contribution in [1.29, 1.82) is 0 Å². The SMILES string of the molecule is Cc1cc(CNC(C)c2cc3cc(Br)ccc3o2)on1. The summed E-state index contributed by atoms with van der Waals surface area (Å²) in [6.45, 7) is 4.60. The molecule has 4 nitrogen and oxygen atoms in total. The van der Waals surface area contributed by atoms with Gasteiger partial charge in [-0.05, 0) is 38.1 Å². The van der Waals surface area contributed by atoms with Gasteiger partial charge in [-0.2, -0.15) is 0 Å². The summed E-state index contributed by atoms with van der Waals surface area (Å²) in [6.07, 6.45) is 0. The Hall–Kier alpha value is -1.59. The largest absolute Gasteiger partial charge is 0.459 e. The first-order chi connectivity index (χ1) is 9.61. The summed E-state index contributed by atoms with van der Waals surface area (Å²) >= 11 is 3.47. The van der Waals surface area contributed by atoms with E-state index in [1.54, 1.807) is 0 Å². The van der Waals surface area contributed by atoms with Gasteiger partial charge in [0, 0.05) is 15.9 Å². The number of aromatic nitrogens is 1. The molecule has 1 unspecified atom stereocenters. The Balaban J connectivity index is 1.73. The normalized spacial score (nSPS) is 12.9. The fourth-order valence-corrected chi connectivity index (χ4v) is 2.48. The van der Waals surface area contributed by atoms with Crippen molar-refractivity contribution in [2.45, 2.75) is 26.4 Å². The number of halogens is 1. The standard InChI is InChI=1S/C15H15BrN2O2/c1-9-5-13(20-18-9)8-17-10(2)15-7-11-6-12(16)3-4-14(11)19-15/h3-7,10,17H,8H2,1-2H3. The van der Waals surface area contributed by atoms with E-state index in [9.17, 15) is 0 Å². The zero-order valence-electron chi connectivity index (χ0n) is 11.3. The van der Waals surface area contributed by atoms with E-state index in [4.69, 9.17) is 8.94 Å². The van der Waals surface area contributed by atoms with Crippen LogP contribution in [0.1, 0.15) is 30.2 Å². The van der Waals surface area contributed by atoms with E-state index < -0.39 is 0 Å². The van der Waals surface area contributed by atoms with Gasteiger partial charge in [0.1, 0.15) is 11.3 Å². The fraction of sp³-hybridized carbons (Fsp3) is 0.267. The summed E-state index contributed by atoms with van der Waals surface area (Å²) < 4.78 is 12.1. The van der Waals surface area contributed by atoms with Gasteiger partial charge in [-0.3, -0.25) is 0 Å². The molecule has 3 aromatic rings. The van der Waals surface area contributed by atoms with Crippen molar-refractivity contribution in [2.75, 3.05) is 0 Å². The van der Waals surface area contributed by atoms with Gasteiger partial charge in [0.15, 0.2) is 5.76 Å². The molecule has 1 N–H and O–H groups in total. The molecule has 0 amide bonds. The number of hydrogen-bond acceptors (Lipinski definition) is 4. The number of benzene rings is 1. The van der Waals surface area contributed by atoms with Crippen LogP contribution in [0.2, 0.25) is 0 Å². The van der Waals surface area contributed by atoms with Gasteiger partial charge in [0.05, 0.1) is 18.3 Å². The Morgan fingerprint density at radius 1 is 1.30 bits per heavy atom. The van der Waals surface area contributed by atoms with E-state index in [0.717, 1.165) is 32.7 Å². The molecule has 5 heteroatoms. The van der Waals surface area contributed by atoms with Crippen LogP contribution in [0.4, 0.5) is 0 Å². The van der Waals surface area contributed by atoms with Crippen molar-refractivity contribution in [3.8, 4) is 0 Å². The van der Waals surface area contributed by atoms with E-state index in [1.165, 1.54) is 0 Å². The summed E-state index contributed by atoms with van der Waals surface area (Å²) in [5.74, 6) is 1.74. The van der Waals surface area contributed by atoms with Crippen molar-refractivity contribution >= 4 is 26.9 Å². The number of aryl methyl sites for hydroxylation is 1. The molecule has 104 valence electrons. The van der Waals surface area contributed by atoms with Crippen molar-refractivity contribution in [2.24, 2.45) is 0 Å². The molecule has 0 aliphatic carbocycles. The van der Waals surface area contributed by atoms with E-state index >= 15 is 0 Å². The second-order valence-electron chi connectivity index (χ2n) is 4.87. The smallest absolute Gasteiger partial charge is 0.150 e. The molecule has 2 aromatic heterocycles. The molecule has 0 aliphatic heterocycles. The van der Waals surface area contributed by atoms with Gasteiger partial charge >= 0.3 is 0 Å². The first-order valence-electron chi connectivity index (χ1n) is 6.46. The van der Waals surface area contributed by atoms with Gasteiger partial charge in [0.2, 0.25) is 0 Å². The van der Waals surface area contributed by atoms with Gasteiger partial charge in [-0.25, -0.2) is 0 Å². The van der Waals surface area contributed by atoms with Crippen LogP contribution >= 0.6 is 15.9 Å². The van der Waals surface area contributed by atoms with Crippen molar-refractivity contribution in [1.82, 2.24) is 10.5 Å². The Morgan fingerprint density at radius 2 is 2.15 bits per heavy atom. The molecule has 0 aliphatic rings. The van der Waals surface area contributed by atoms with Crippen LogP contribution in [0.15, 0.2) is 43.7 Å². The maximum atomic E-state index is 5.85. The highest BCUT2D eigenvalue weighted by atomic mass is 79.9. The molecule has 0 saturated carbocycles. The predicted octanol–water partition coefficient (Wildman–Crippen LogP) is 4.34. The Bertz CT molecular complexity index is 732. The van der Waals surface area contributed by atoms with Crippen molar-refractivity contribution in [3.63, 3.8) is 0 Å². The first-order valence-corrected chi connectivity index (χ1v) is 7.26. The maximum Gasteiger partial charge on any atom is 0.150 e. The second-order valence-corrected chi connectivity index (χ2v) is 5.78. The van der Waals surface area contributed by atoms with Crippen molar-refractivity contribution in [3.05, 3.63) is 52.0 Å². The number of rotatable bonds is 4. The summed E-state index contributed by atoms with van der Waals surface area (Å²) in [4.78, 5) is 0. The lowest BCUT2D eigenvalue weighted by Gasteiger charge is -2.08. The third kappa shape index (κ3) is 2.78. The van der Waals surface area contributed by atoms with Crippen LogP contribution in [0.3, 0.4) is 0 Å². The Morgan fingerprint density at radius 3 is 2.90 bits per heavy atom. The molecule has 3 rings (SSSR count). The third-order valence-corrected chi connectivity index (χ3v) is 3.68. The predicted molar refractivity (Wildman–Crippen MR) is 80.4 cm³/mol. The molecule has 0 bridgehead atoms. The average Bonchev–Trinajstić information content (AvgIpc) is 3.01. The number of nitrogens with zero attached hydrogens (tertiary/aromatic N) is 1. The van der Waals surface area contributed by atoms with E-state index in [-0.39, 0.29) is 6.04 Å². The average molecular weight is 335 g/mol. The van der Waals surface area contributed by atoms with Crippen LogP contribution in [0.5, 0.6) is 0 Å². The summed E-state index contributed by atoms with van der Waals surface area (Å²) in [5, 5.41) is 8.33. The molecule has 0 fully saturated rings. The van der Waals surface area contributed by atoms with Gasteiger partial charge < -0.3 is 14.3 Å². The highest BCUT2D eigenvalue weighted by Gasteiger charge is 2.12. The Kier molecular flexibility index (Phi) is 3.63. The highest BCUT2D eigenvalue weighted by molar-refractivity contribution is 9.10. The summed E-state index contributed by atoms with van der Waals surface area (Å²) in [5.41, 5.74) is 1.79. The van der Waals surface area contributed by atoms with E-state index in [2.05, 4.69) is 45.5 Å².